The second-order valence-electron chi connectivity index (χ2n) is 10.8. The SMILES string of the molecule is CCCCCOc1ccc(/C(=C(\c2ccccc2)c2ccc(C(C)=C(C#N)C#N)cc2)c2ccc(OCCCCBr)cc2)cc1. The number of halogens is 1. The van der Waals surface area contributed by atoms with Crippen molar-refractivity contribution in [1.29, 1.82) is 10.5 Å². The van der Waals surface area contributed by atoms with E-state index in [1.54, 1.807) is 0 Å². The molecule has 0 aromatic heterocycles. The molecule has 4 nitrogen and oxygen atoms in total. The van der Waals surface area contributed by atoms with Gasteiger partial charge in [0.1, 0.15) is 29.2 Å². The molecule has 0 saturated heterocycles. The van der Waals surface area contributed by atoms with Crippen LogP contribution < -0.4 is 9.47 Å². The molecule has 0 bridgehead atoms. The average Bonchev–Trinajstić information content (AvgIpc) is 3.09. The Bertz CT molecular complexity index is 1590. The Morgan fingerprint density at radius 3 is 1.44 bits per heavy atom. The van der Waals surface area contributed by atoms with Crippen molar-refractivity contribution in [2.75, 3.05) is 18.5 Å². The molecule has 0 radical (unpaired) electrons. The van der Waals surface area contributed by atoms with Gasteiger partial charge in [-0.2, -0.15) is 10.5 Å². The van der Waals surface area contributed by atoms with E-state index in [2.05, 4.69) is 83.5 Å². The zero-order chi connectivity index (χ0) is 31.9. The van der Waals surface area contributed by atoms with Crippen molar-refractivity contribution in [2.45, 2.75) is 46.0 Å². The molecule has 4 aromatic rings. The molecular weight excluding hydrogens is 620 g/mol. The van der Waals surface area contributed by atoms with E-state index >= 15 is 0 Å². The van der Waals surface area contributed by atoms with Gasteiger partial charge in [-0.25, -0.2) is 0 Å². The van der Waals surface area contributed by atoms with Gasteiger partial charge < -0.3 is 9.47 Å². The second kappa shape index (κ2) is 17.6. The molecule has 0 amide bonds. The van der Waals surface area contributed by atoms with Crippen LogP contribution in [0.15, 0.2) is 109 Å². The molecule has 0 unspecified atom stereocenters. The smallest absolute Gasteiger partial charge is 0.133 e. The third-order valence-electron chi connectivity index (χ3n) is 7.62. The summed E-state index contributed by atoms with van der Waals surface area (Å²) in [4.78, 5) is 0. The number of rotatable bonds is 15. The van der Waals surface area contributed by atoms with Gasteiger partial charge in [0.15, 0.2) is 0 Å². The van der Waals surface area contributed by atoms with E-state index in [1.165, 1.54) is 0 Å². The molecular formula is C40H39BrN2O2. The summed E-state index contributed by atoms with van der Waals surface area (Å²) in [5.41, 5.74) is 8.03. The summed E-state index contributed by atoms with van der Waals surface area (Å²) in [6.45, 7) is 5.40. The largest absolute Gasteiger partial charge is 0.494 e. The van der Waals surface area contributed by atoms with E-state index in [1.807, 2.05) is 61.5 Å². The summed E-state index contributed by atoms with van der Waals surface area (Å²) in [5, 5.41) is 19.8. The summed E-state index contributed by atoms with van der Waals surface area (Å²) < 4.78 is 12.1. The lowest BCUT2D eigenvalue weighted by Gasteiger charge is -2.19. The van der Waals surface area contributed by atoms with Crippen LogP contribution in [0.25, 0.3) is 16.7 Å². The van der Waals surface area contributed by atoms with Crippen molar-refractivity contribution in [3.63, 3.8) is 0 Å². The summed E-state index contributed by atoms with van der Waals surface area (Å²) in [7, 11) is 0. The maximum Gasteiger partial charge on any atom is 0.133 e. The number of nitrogens with zero attached hydrogens (tertiary/aromatic N) is 2. The minimum absolute atomic E-state index is 0.119. The lowest BCUT2D eigenvalue weighted by molar-refractivity contribution is 0.306. The van der Waals surface area contributed by atoms with Crippen molar-refractivity contribution >= 4 is 32.6 Å². The highest BCUT2D eigenvalue weighted by Gasteiger charge is 2.17. The Hall–Kier alpha value is -4.58. The van der Waals surface area contributed by atoms with Crippen LogP contribution >= 0.6 is 15.9 Å². The topological polar surface area (TPSA) is 66.0 Å². The predicted octanol–water partition coefficient (Wildman–Crippen LogP) is 10.6. The Kier molecular flexibility index (Phi) is 13.1. The number of ether oxygens (including phenoxy) is 2. The number of benzene rings is 4. The first kappa shape index (κ1) is 33.3. The van der Waals surface area contributed by atoms with Gasteiger partial charge in [0, 0.05) is 5.33 Å². The quantitative estimate of drug-likeness (QED) is 0.0551. The molecule has 0 aliphatic heterocycles. The molecule has 45 heavy (non-hydrogen) atoms. The number of hydrogen-bond donors (Lipinski definition) is 0. The van der Waals surface area contributed by atoms with Crippen LogP contribution in [0.1, 0.15) is 73.8 Å². The predicted molar refractivity (Wildman–Crippen MR) is 188 cm³/mol. The van der Waals surface area contributed by atoms with Crippen LogP contribution in [0, 0.1) is 22.7 Å². The summed E-state index contributed by atoms with van der Waals surface area (Å²) in [6.07, 6.45) is 5.43. The van der Waals surface area contributed by atoms with Crippen LogP contribution in [0.4, 0.5) is 0 Å². The van der Waals surface area contributed by atoms with Crippen molar-refractivity contribution in [2.24, 2.45) is 0 Å². The zero-order valence-electron chi connectivity index (χ0n) is 26.1. The van der Waals surface area contributed by atoms with Gasteiger partial charge in [0.2, 0.25) is 0 Å². The normalized spacial score (nSPS) is 11.1. The maximum absolute atomic E-state index is 9.40. The second-order valence-corrected chi connectivity index (χ2v) is 11.6. The molecule has 0 saturated carbocycles. The molecule has 4 aromatic carbocycles. The van der Waals surface area contributed by atoms with Gasteiger partial charge in [0.25, 0.3) is 0 Å². The van der Waals surface area contributed by atoms with E-state index < -0.39 is 0 Å². The average molecular weight is 660 g/mol. The van der Waals surface area contributed by atoms with Crippen molar-refractivity contribution in [3.8, 4) is 23.6 Å². The van der Waals surface area contributed by atoms with Crippen LogP contribution in [-0.2, 0) is 0 Å². The number of alkyl halides is 1. The summed E-state index contributed by atoms with van der Waals surface area (Å²) >= 11 is 3.49. The van der Waals surface area contributed by atoms with Gasteiger partial charge in [-0.1, -0.05) is 115 Å². The van der Waals surface area contributed by atoms with E-state index in [9.17, 15) is 10.5 Å². The Labute approximate surface area is 276 Å². The first-order valence-corrected chi connectivity index (χ1v) is 16.7. The number of hydrogen-bond acceptors (Lipinski definition) is 4. The summed E-state index contributed by atoms with van der Waals surface area (Å²) in [5.74, 6) is 1.71. The highest BCUT2D eigenvalue weighted by molar-refractivity contribution is 9.09. The zero-order valence-corrected chi connectivity index (χ0v) is 27.6. The maximum atomic E-state index is 9.40. The Morgan fingerprint density at radius 2 is 1.00 bits per heavy atom. The first-order valence-electron chi connectivity index (χ1n) is 15.5. The van der Waals surface area contributed by atoms with Crippen LogP contribution in [-0.4, -0.2) is 18.5 Å². The molecule has 0 atom stereocenters. The third kappa shape index (κ3) is 9.21. The third-order valence-corrected chi connectivity index (χ3v) is 8.18. The molecule has 0 N–H and O–H groups in total. The van der Waals surface area contributed by atoms with Crippen LogP contribution in [0.3, 0.4) is 0 Å². The fourth-order valence-corrected chi connectivity index (χ4v) is 5.50. The monoisotopic (exact) mass is 658 g/mol. The van der Waals surface area contributed by atoms with Gasteiger partial charge in [-0.05, 0) is 95.0 Å². The van der Waals surface area contributed by atoms with Crippen LogP contribution in [0.2, 0.25) is 0 Å². The fourth-order valence-electron chi connectivity index (χ4n) is 5.10. The molecule has 0 spiro atoms. The van der Waals surface area contributed by atoms with Crippen molar-refractivity contribution in [3.05, 3.63) is 137 Å². The first-order chi connectivity index (χ1) is 22.1. The van der Waals surface area contributed by atoms with Gasteiger partial charge in [-0.15, -0.1) is 0 Å². The molecule has 0 fully saturated rings. The van der Waals surface area contributed by atoms with Gasteiger partial charge in [-0.3, -0.25) is 0 Å². The van der Waals surface area contributed by atoms with E-state index in [-0.39, 0.29) is 5.57 Å². The fraction of sp³-hybridized carbons (Fsp3) is 0.250. The van der Waals surface area contributed by atoms with E-state index in [0.29, 0.717) is 18.8 Å². The van der Waals surface area contributed by atoms with E-state index in [0.717, 1.165) is 87.9 Å². The van der Waals surface area contributed by atoms with Gasteiger partial charge >= 0.3 is 0 Å². The van der Waals surface area contributed by atoms with Gasteiger partial charge in [0.05, 0.1) is 13.2 Å². The van der Waals surface area contributed by atoms with E-state index in [4.69, 9.17) is 9.47 Å². The van der Waals surface area contributed by atoms with Crippen molar-refractivity contribution in [1.82, 2.24) is 0 Å². The number of nitriles is 2. The van der Waals surface area contributed by atoms with Crippen LogP contribution in [0.5, 0.6) is 11.5 Å². The Balaban J connectivity index is 1.85. The number of unbranched alkanes of at least 4 members (excludes halogenated alkanes) is 3. The minimum Gasteiger partial charge on any atom is -0.494 e. The molecule has 4 rings (SSSR count). The lowest BCUT2D eigenvalue weighted by Crippen LogP contribution is -2.00. The standard InChI is InChI=1S/C40H39BrN2O2/c1-3-4-9-26-44-37-21-17-34(18-22-37)40(35-19-23-38(24-20-35)45-27-10-8-25-41)39(32-11-6-5-7-12-32)33-15-13-31(14-16-33)30(2)36(28-42)29-43/h5-7,11-24H,3-4,8-10,25-27H2,1-2H3/b40-39-. The highest BCUT2D eigenvalue weighted by atomic mass is 79.9. The van der Waals surface area contributed by atoms with Crippen molar-refractivity contribution < 1.29 is 9.47 Å². The number of allylic oxidation sites excluding steroid dienone is 2. The molecule has 0 heterocycles. The minimum atomic E-state index is 0.119. The molecule has 0 aliphatic rings. The molecule has 0 aliphatic carbocycles. The lowest BCUT2D eigenvalue weighted by atomic mass is 9.85. The molecule has 228 valence electrons. The Morgan fingerprint density at radius 1 is 0.578 bits per heavy atom. The summed E-state index contributed by atoms with van der Waals surface area (Å²) in [6, 6.07) is 39.2. The highest BCUT2D eigenvalue weighted by Crippen LogP contribution is 2.38. The molecule has 5 heteroatoms.